The van der Waals surface area contributed by atoms with Crippen molar-refractivity contribution in [1.82, 2.24) is 4.98 Å². The molecule has 0 spiro atoms. The number of hydrogen-bond donors (Lipinski definition) is 2. The van der Waals surface area contributed by atoms with E-state index in [1.165, 1.54) is 19.1 Å². The summed E-state index contributed by atoms with van der Waals surface area (Å²) in [5.41, 5.74) is 1.86. The molecule has 0 saturated heterocycles. The van der Waals surface area contributed by atoms with E-state index in [1.807, 2.05) is 0 Å². The van der Waals surface area contributed by atoms with Crippen molar-refractivity contribution < 1.29 is 14.6 Å². The van der Waals surface area contributed by atoms with E-state index in [9.17, 15) is 14.6 Å². The monoisotopic (exact) mass is 259 g/mol. The van der Waals surface area contributed by atoms with Crippen LogP contribution in [0.1, 0.15) is 18.2 Å². The summed E-state index contributed by atoms with van der Waals surface area (Å²) in [5.74, 6) is -2.38. The maximum atomic E-state index is 12.9. The summed E-state index contributed by atoms with van der Waals surface area (Å²) in [6.45, 7) is 4.88. The molecule has 0 fully saturated rings. The zero-order chi connectivity index (χ0) is 14.0. The number of nitrogens with zero attached hydrogens (tertiary/aromatic N) is 1. The Labute approximate surface area is 110 Å². The van der Waals surface area contributed by atoms with Gasteiger partial charge >= 0.3 is 0 Å². The van der Waals surface area contributed by atoms with Gasteiger partial charge in [-0.3, -0.25) is 0 Å². The van der Waals surface area contributed by atoms with Gasteiger partial charge in [0.05, 0.1) is 11.4 Å². The highest BCUT2D eigenvalue weighted by molar-refractivity contribution is 5.65. The molecule has 0 saturated carbocycles. The Kier molecular flexibility index (Phi) is 3.46. The molecule has 3 nitrogen and oxygen atoms in total. The highest BCUT2D eigenvalue weighted by Crippen LogP contribution is 2.29. The summed E-state index contributed by atoms with van der Waals surface area (Å²) in [7, 11) is 0. The average Bonchev–Trinajstić information content (AvgIpc) is 2.38. The van der Waals surface area contributed by atoms with Crippen LogP contribution in [0.15, 0.2) is 43.0 Å². The molecule has 0 aliphatic heterocycles. The molecule has 1 heterocycles. The van der Waals surface area contributed by atoms with Crippen molar-refractivity contribution in [2.24, 2.45) is 0 Å². The van der Waals surface area contributed by atoms with Crippen LogP contribution in [0, 0.1) is 5.82 Å². The van der Waals surface area contributed by atoms with Crippen LogP contribution in [0.25, 0.3) is 17.3 Å². The van der Waals surface area contributed by atoms with Gasteiger partial charge < -0.3 is 10.2 Å². The lowest BCUT2D eigenvalue weighted by Gasteiger charge is -2.20. The normalized spacial score (nSPS) is 11.4. The molecule has 1 aromatic carbocycles. The summed E-state index contributed by atoms with van der Waals surface area (Å²) in [6, 6.07) is 8.89. The van der Waals surface area contributed by atoms with Gasteiger partial charge in [0, 0.05) is 11.1 Å². The first-order valence-corrected chi connectivity index (χ1v) is 5.76. The van der Waals surface area contributed by atoms with Crippen molar-refractivity contribution in [2.75, 3.05) is 0 Å². The summed E-state index contributed by atoms with van der Waals surface area (Å²) >= 11 is 0. The Morgan fingerprint density at radius 1 is 1.16 bits per heavy atom. The molecule has 0 aliphatic rings. The van der Waals surface area contributed by atoms with Gasteiger partial charge in [-0.25, -0.2) is 9.37 Å². The molecule has 19 heavy (non-hydrogen) atoms. The first kappa shape index (κ1) is 13.4. The SMILES string of the molecule is C=Cc1ccc(C(C)(O)O)c(-c2ccc(F)cc2)n1. The van der Waals surface area contributed by atoms with Gasteiger partial charge in [-0.2, -0.15) is 0 Å². The zero-order valence-corrected chi connectivity index (χ0v) is 10.5. The van der Waals surface area contributed by atoms with Crippen molar-refractivity contribution in [3.8, 4) is 11.3 Å². The number of rotatable bonds is 3. The van der Waals surface area contributed by atoms with Crippen LogP contribution in [0.3, 0.4) is 0 Å². The molecular formula is C15H14FNO2. The minimum Gasteiger partial charge on any atom is -0.362 e. The molecule has 98 valence electrons. The number of aromatic nitrogens is 1. The van der Waals surface area contributed by atoms with Crippen molar-refractivity contribution in [3.05, 3.63) is 60.1 Å². The molecule has 1 aromatic heterocycles. The van der Waals surface area contributed by atoms with E-state index < -0.39 is 5.79 Å². The number of aliphatic hydroxyl groups is 2. The molecule has 0 amide bonds. The molecular weight excluding hydrogens is 245 g/mol. The minimum absolute atomic E-state index is 0.254. The Morgan fingerprint density at radius 2 is 1.79 bits per heavy atom. The first-order valence-electron chi connectivity index (χ1n) is 5.76. The van der Waals surface area contributed by atoms with Gasteiger partial charge in [0.15, 0.2) is 5.79 Å². The number of hydrogen-bond acceptors (Lipinski definition) is 3. The highest BCUT2D eigenvalue weighted by atomic mass is 19.1. The van der Waals surface area contributed by atoms with Crippen LogP contribution in [0.2, 0.25) is 0 Å². The van der Waals surface area contributed by atoms with E-state index in [0.29, 0.717) is 17.0 Å². The summed E-state index contributed by atoms with van der Waals surface area (Å²) in [4.78, 5) is 4.30. The molecule has 0 radical (unpaired) electrons. The summed E-state index contributed by atoms with van der Waals surface area (Å²) in [5, 5.41) is 19.5. The van der Waals surface area contributed by atoms with Crippen LogP contribution in [0.5, 0.6) is 0 Å². The van der Waals surface area contributed by atoms with Gasteiger partial charge in [-0.15, -0.1) is 0 Å². The Hall–Kier alpha value is -2.04. The van der Waals surface area contributed by atoms with Crippen molar-refractivity contribution >= 4 is 6.08 Å². The van der Waals surface area contributed by atoms with Crippen LogP contribution >= 0.6 is 0 Å². The fourth-order valence-electron chi connectivity index (χ4n) is 1.80. The molecule has 4 heteroatoms. The third-order valence-electron chi connectivity index (χ3n) is 2.75. The molecule has 0 unspecified atom stereocenters. The Bertz CT molecular complexity index is 601. The number of benzene rings is 1. The second-order valence-corrected chi connectivity index (χ2v) is 4.36. The fourth-order valence-corrected chi connectivity index (χ4v) is 1.80. The predicted octanol–water partition coefficient (Wildman–Crippen LogP) is 2.69. The average molecular weight is 259 g/mol. The Morgan fingerprint density at radius 3 is 2.32 bits per heavy atom. The maximum Gasteiger partial charge on any atom is 0.188 e. The number of halogens is 1. The van der Waals surface area contributed by atoms with Gasteiger partial charge in [-0.1, -0.05) is 6.58 Å². The molecule has 0 aliphatic carbocycles. The van der Waals surface area contributed by atoms with E-state index in [2.05, 4.69) is 11.6 Å². The summed E-state index contributed by atoms with van der Waals surface area (Å²) in [6.07, 6.45) is 1.56. The lowest BCUT2D eigenvalue weighted by molar-refractivity contribution is -0.152. The fraction of sp³-hybridized carbons (Fsp3) is 0.133. The quantitative estimate of drug-likeness (QED) is 0.833. The topological polar surface area (TPSA) is 53.4 Å². The van der Waals surface area contributed by atoms with Gasteiger partial charge in [0.25, 0.3) is 0 Å². The standard InChI is InChI=1S/C15H14FNO2/c1-3-12-8-9-13(15(2,18)19)14(17-12)10-4-6-11(16)7-5-10/h3-9,18-19H,1H2,2H3. The first-order chi connectivity index (χ1) is 8.91. The largest absolute Gasteiger partial charge is 0.362 e. The van der Waals surface area contributed by atoms with E-state index in [1.54, 1.807) is 30.3 Å². The zero-order valence-electron chi connectivity index (χ0n) is 10.5. The maximum absolute atomic E-state index is 12.9. The second kappa shape index (κ2) is 4.91. The Balaban J connectivity index is 2.64. The molecule has 2 rings (SSSR count). The molecule has 0 atom stereocenters. The third-order valence-corrected chi connectivity index (χ3v) is 2.75. The third kappa shape index (κ3) is 2.86. The van der Waals surface area contributed by atoms with Crippen LogP contribution < -0.4 is 0 Å². The van der Waals surface area contributed by atoms with Crippen molar-refractivity contribution in [1.29, 1.82) is 0 Å². The van der Waals surface area contributed by atoms with E-state index >= 15 is 0 Å². The van der Waals surface area contributed by atoms with Crippen LogP contribution in [0.4, 0.5) is 4.39 Å². The van der Waals surface area contributed by atoms with Crippen molar-refractivity contribution in [2.45, 2.75) is 12.7 Å². The van der Waals surface area contributed by atoms with Crippen molar-refractivity contribution in [3.63, 3.8) is 0 Å². The van der Waals surface area contributed by atoms with E-state index in [0.717, 1.165) is 0 Å². The molecule has 0 bridgehead atoms. The second-order valence-electron chi connectivity index (χ2n) is 4.36. The van der Waals surface area contributed by atoms with Gasteiger partial charge in [-0.05, 0) is 49.4 Å². The lowest BCUT2D eigenvalue weighted by atomic mass is 9.99. The minimum atomic E-state index is -2.02. The van der Waals surface area contributed by atoms with Crippen LogP contribution in [-0.2, 0) is 5.79 Å². The lowest BCUT2D eigenvalue weighted by Crippen LogP contribution is -2.21. The summed E-state index contributed by atoms with van der Waals surface area (Å²) < 4.78 is 12.9. The highest BCUT2D eigenvalue weighted by Gasteiger charge is 2.24. The van der Waals surface area contributed by atoms with Gasteiger partial charge in [0.1, 0.15) is 5.82 Å². The van der Waals surface area contributed by atoms with Crippen LogP contribution in [-0.4, -0.2) is 15.2 Å². The smallest absolute Gasteiger partial charge is 0.188 e. The number of pyridine rings is 1. The molecule has 2 aromatic rings. The predicted molar refractivity (Wildman–Crippen MR) is 71.5 cm³/mol. The van der Waals surface area contributed by atoms with E-state index in [-0.39, 0.29) is 11.4 Å². The van der Waals surface area contributed by atoms with Gasteiger partial charge in [0.2, 0.25) is 0 Å². The van der Waals surface area contributed by atoms with E-state index in [4.69, 9.17) is 0 Å². The molecule has 2 N–H and O–H groups in total.